The van der Waals surface area contributed by atoms with Gasteiger partial charge in [-0.1, -0.05) is 29.8 Å². The lowest BCUT2D eigenvalue weighted by atomic mass is 9.91. The Labute approximate surface area is 194 Å². The second-order valence-electron chi connectivity index (χ2n) is 8.73. The first-order valence-electron chi connectivity index (χ1n) is 11.2. The van der Waals surface area contributed by atoms with Crippen molar-refractivity contribution in [1.29, 1.82) is 0 Å². The molecule has 2 aliphatic heterocycles. The van der Waals surface area contributed by atoms with Crippen molar-refractivity contribution >= 4 is 23.5 Å². The normalized spacial score (nSPS) is 21.1. The van der Waals surface area contributed by atoms with Crippen LogP contribution in [0, 0.1) is 6.92 Å². The topological polar surface area (TPSA) is 82.2 Å². The molecule has 0 bridgehead atoms. The van der Waals surface area contributed by atoms with E-state index >= 15 is 0 Å². The summed E-state index contributed by atoms with van der Waals surface area (Å²) in [5.41, 5.74) is 1.67. The number of hydrogen-bond donors (Lipinski definition) is 1. The van der Waals surface area contributed by atoms with Gasteiger partial charge in [-0.15, -0.1) is 0 Å². The number of carbonyl (C=O) groups excluding carboxylic acids is 3. The minimum atomic E-state index is -1.17. The zero-order chi connectivity index (χ0) is 23.6. The Morgan fingerprint density at radius 1 is 1.00 bits per heavy atom. The number of methoxy groups -OCH3 is 1. The number of imide groups is 1. The molecule has 2 heterocycles. The van der Waals surface area contributed by atoms with Crippen LogP contribution in [-0.4, -0.2) is 67.5 Å². The van der Waals surface area contributed by atoms with Crippen molar-refractivity contribution in [2.75, 3.05) is 44.7 Å². The Morgan fingerprint density at radius 3 is 2.36 bits per heavy atom. The van der Waals surface area contributed by atoms with Gasteiger partial charge >= 0.3 is 6.03 Å². The molecule has 2 saturated heterocycles. The van der Waals surface area contributed by atoms with E-state index in [0.29, 0.717) is 25.2 Å². The van der Waals surface area contributed by atoms with Crippen LogP contribution in [0.3, 0.4) is 0 Å². The monoisotopic (exact) mass is 450 g/mol. The zero-order valence-corrected chi connectivity index (χ0v) is 19.3. The highest BCUT2D eigenvalue weighted by Gasteiger charge is 2.49. The highest BCUT2D eigenvalue weighted by Crippen LogP contribution is 2.29. The third-order valence-electron chi connectivity index (χ3n) is 6.48. The first-order chi connectivity index (χ1) is 15.8. The van der Waals surface area contributed by atoms with Crippen molar-refractivity contribution in [3.8, 4) is 5.75 Å². The van der Waals surface area contributed by atoms with E-state index in [1.54, 1.807) is 18.9 Å². The Hall–Kier alpha value is -3.55. The summed E-state index contributed by atoms with van der Waals surface area (Å²) in [6.07, 6.45) is 0.805. The zero-order valence-electron chi connectivity index (χ0n) is 19.3. The standard InChI is InChI=1S/C25H30N4O4/c1-18-5-7-19(8-6-18)25(2)23(31)29(24(32)26-25)17-22(30)28-14-4-13-27(15-16-28)20-9-11-21(33-3)12-10-20/h5-12H,4,13-17H2,1-3H3,(H,26,32). The highest BCUT2D eigenvalue weighted by atomic mass is 16.5. The van der Waals surface area contributed by atoms with Gasteiger partial charge in [0.1, 0.15) is 17.8 Å². The summed E-state index contributed by atoms with van der Waals surface area (Å²) >= 11 is 0. The fourth-order valence-corrected chi connectivity index (χ4v) is 4.38. The number of ether oxygens (including phenoxy) is 1. The molecule has 4 rings (SSSR count). The molecule has 1 unspecified atom stereocenters. The Morgan fingerprint density at radius 2 is 1.70 bits per heavy atom. The van der Waals surface area contributed by atoms with Gasteiger partial charge in [0.25, 0.3) is 5.91 Å². The Balaban J connectivity index is 1.40. The molecule has 0 spiro atoms. The van der Waals surface area contributed by atoms with Crippen molar-refractivity contribution < 1.29 is 19.1 Å². The molecule has 174 valence electrons. The molecule has 8 nitrogen and oxygen atoms in total. The number of nitrogens with zero attached hydrogens (tertiary/aromatic N) is 3. The summed E-state index contributed by atoms with van der Waals surface area (Å²) in [5, 5.41) is 2.77. The fourth-order valence-electron chi connectivity index (χ4n) is 4.38. The van der Waals surface area contributed by atoms with Gasteiger partial charge in [0.15, 0.2) is 0 Å². The van der Waals surface area contributed by atoms with E-state index in [4.69, 9.17) is 4.74 Å². The average Bonchev–Trinajstić information content (AvgIpc) is 2.99. The first kappa shape index (κ1) is 22.6. The number of hydrogen-bond acceptors (Lipinski definition) is 5. The molecule has 0 aliphatic carbocycles. The van der Waals surface area contributed by atoms with E-state index in [9.17, 15) is 14.4 Å². The molecular weight excluding hydrogens is 420 g/mol. The smallest absolute Gasteiger partial charge is 0.325 e. The van der Waals surface area contributed by atoms with Crippen molar-refractivity contribution in [1.82, 2.24) is 15.1 Å². The fraction of sp³-hybridized carbons (Fsp3) is 0.400. The molecule has 2 aliphatic rings. The van der Waals surface area contributed by atoms with Gasteiger partial charge in [0.05, 0.1) is 7.11 Å². The Bertz CT molecular complexity index is 1040. The third kappa shape index (κ3) is 4.51. The van der Waals surface area contributed by atoms with Crippen LogP contribution in [0.1, 0.15) is 24.5 Å². The number of rotatable bonds is 5. The number of benzene rings is 2. The lowest BCUT2D eigenvalue weighted by Crippen LogP contribution is -2.45. The van der Waals surface area contributed by atoms with Crippen LogP contribution in [-0.2, 0) is 15.1 Å². The lowest BCUT2D eigenvalue weighted by Gasteiger charge is -2.25. The van der Waals surface area contributed by atoms with Gasteiger partial charge < -0.3 is 19.9 Å². The molecule has 0 aromatic heterocycles. The van der Waals surface area contributed by atoms with Gasteiger partial charge in [-0.25, -0.2) is 4.79 Å². The second kappa shape index (κ2) is 9.13. The molecule has 2 aromatic rings. The van der Waals surface area contributed by atoms with Crippen LogP contribution in [0.4, 0.5) is 10.5 Å². The largest absolute Gasteiger partial charge is 0.497 e. The predicted molar refractivity (Wildman–Crippen MR) is 125 cm³/mol. The van der Waals surface area contributed by atoms with Crippen molar-refractivity contribution in [2.24, 2.45) is 0 Å². The second-order valence-corrected chi connectivity index (χ2v) is 8.73. The molecule has 0 saturated carbocycles. The molecule has 1 N–H and O–H groups in total. The summed E-state index contributed by atoms with van der Waals surface area (Å²) in [5.74, 6) is 0.180. The number of anilines is 1. The number of nitrogens with one attached hydrogen (secondary N) is 1. The Kier molecular flexibility index (Phi) is 6.26. The maximum Gasteiger partial charge on any atom is 0.325 e. The molecule has 0 radical (unpaired) electrons. The van der Waals surface area contributed by atoms with Crippen molar-refractivity contribution in [3.63, 3.8) is 0 Å². The third-order valence-corrected chi connectivity index (χ3v) is 6.48. The molecule has 2 aromatic carbocycles. The first-order valence-corrected chi connectivity index (χ1v) is 11.2. The van der Waals surface area contributed by atoms with E-state index in [1.807, 2.05) is 55.5 Å². The minimum absolute atomic E-state index is 0.219. The van der Waals surface area contributed by atoms with Crippen LogP contribution in [0.25, 0.3) is 0 Å². The van der Waals surface area contributed by atoms with E-state index in [2.05, 4.69) is 10.2 Å². The van der Waals surface area contributed by atoms with Gasteiger partial charge in [-0.2, -0.15) is 0 Å². The maximum absolute atomic E-state index is 13.2. The summed E-state index contributed by atoms with van der Waals surface area (Å²) in [6, 6.07) is 14.8. The van der Waals surface area contributed by atoms with E-state index in [1.165, 1.54) is 0 Å². The summed E-state index contributed by atoms with van der Waals surface area (Å²) < 4.78 is 5.22. The SMILES string of the molecule is COc1ccc(N2CCCN(C(=O)CN3C(=O)NC(C)(c4ccc(C)cc4)C3=O)CC2)cc1. The minimum Gasteiger partial charge on any atom is -0.497 e. The van der Waals surface area contributed by atoms with Crippen LogP contribution >= 0.6 is 0 Å². The van der Waals surface area contributed by atoms with Crippen LogP contribution in [0.2, 0.25) is 0 Å². The number of aryl methyl sites for hydroxylation is 1. The molecular formula is C25H30N4O4. The van der Waals surface area contributed by atoms with Crippen molar-refractivity contribution in [3.05, 3.63) is 59.7 Å². The van der Waals surface area contributed by atoms with Gasteiger partial charge in [0, 0.05) is 31.9 Å². The molecule has 4 amide bonds. The number of urea groups is 1. The average molecular weight is 451 g/mol. The van der Waals surface area contributed by atoms with Crippen molar-refractivity contribution in [2.45, 2.75) is 25.8 Å². The highest BCUT2D eigenvalue weighted by molar-refractivity contribution is 6.09. The van der Waals surface area contributed by atoms with Crippen LogP contribution < -0.4 is 15.0 Å². The maximum atomic E-state index is 13.2. The van der Waals surface area contributed by atoms with Crippen LogP contribution in [0.5, 0.6) is 5.75 Å². The van der Waals surface area contributed by atoms with Crippen LogP contribution in [0.15, 0.2) is 48.5 Å². The van der Waals surface area contributed by atoms with Gasteiger partial charge in [-0.05, 0) is 50.1 Å². The summed E-state index contributed by atoms with van der Waals surface area (Å²) in [4.78, 5) is 43.8. The quantitative estimate of drug-likeness (QED) is 0.708. The molecule has 2 fully saturated rings. The number of amides is 4. The molecule has 8 heteroatoms. The lowest BCUT2D eigenvalue weighted by molar-refractivity contribution is -0.138. The number of carbonyl (C=O) groups is 3. The van der Waals surface area contributed by atoms with E-state index in [-0.39, 0.29) is 12.5 Å². The van der Waals surface area contributed by atoms with Gasteiger partial charge in [-0.3, -0.25) is 14.5 Å². The molecule has 1 atom stereocenters. The molecule has 33 heavy (non-hydrogen) atoms. The predicted octanol–water partition coefficient (Wildman–Crippen LogP) is 2.51. The summed E-state index contributed by atoms with van der Waals surface area (Å²) in [7, 11) is 1.64. The summed E-state index contributed by atoms with van der Waals surface area (Å²) in [6.45, 7) is 6.01. The van der Waals surface area contributed by atoms with Gasteiger partial charge in [0.2, 0.25) is 5.91 Å². The van der Waals surface area contributed by atoms with E-state index in [0.717, 1.165) is 34.9 Å². The van der Waals surface area contributed by atoms with E-state index < -0.39 is 17.5 Å².